The van der Waals surface area contributed by atoms with Crippen molar-refractivity contribution in [2.24, 2.45) is 5.28 Å². The van der Waals surface area contributed by atoms with E-state index in [-0.39, 0.29) is 21.2 Å². The number of esters is 1. The Labute approximate surface area is 245 Å². The zero-order valence-electron chi connectivity index (χ0n) is 23.9. The monoisotopic (exact) mass is 626 g/mol. The number of benzene rings is 2. The third kappa shape index (κ3) is 7.79. The lowest BCUT2D eigenvalue weighted by molar-refractivity contribution is -0.718. The molecule has 3 aromatic rings. The Bertz CT molecular complexity index is 1620. The first-order chi connectivity index (χ1) is 19.8. The Morgan fingerprint density at radius 2 is 1.70 bits per heavy atom. The predicted octanol–water partition coefficient (Wildman–Crippen LogP) is 4.10. The molecular weight excluding hydrogens is 597 g/mol. The lowest BCUT2D eigenvalue weighted by Gasteiger charge is -2.29. The zero-order valence-corrected chi connectivity index (χ0v) is 24.7. The maximum Gasteiger partial charge on any atom is 0.435 e. The highest BCUT2D eigenvalue weighted by Crippen LogP contribution is 2.33. The number of ether oxygens (including phenoxy) is 1. The number of amides is 1. The number of hydrazine groups is 1. The summed E-state index contributed by atoms with van der Waals surface area (Å²) >= 11 is 0. The molecule has 0 saturated carbocycles. The fourth-order valence-electron chi connectivity index (χ4n) is 3.50. The normalized spacial score (nSPS) is 13.3. The maximum absolute atomic E-state index is 13.5. The van der Waals surface area contributed by atoms with Crippen molar-refractivity contribution >= 4 is 21.9 Å². The van der Waals surface area contributed by atoms with Gasteiger partial charge in [-0.25, -0.2) is 17.8 Å². The number of nitrogens with one attached hydrogen (secondary N) is 1. The first-order valence-corrected chi connectivity index (χ1v) is 14.0. The minimum atomic E-state index is -4.72. The van der Waals surface area contributed by atoms with Gasteiger partial charge in [0.05, 0.1) is 28.3 Å². The molecule has 0 radical (unpaired) electrons. The van der Waals surface area contributed by atoms with Crippen molar-refractivity contribution in [3.05, 3.63) is 71.1 Å². The minimum Gasteiger partial charge on any atom is -0.569 e. The summed E-state index contributed by atoms with van der Waals surface area (Å²) in [5.41, 5.74) is -1.32. The van der Waals surface area contributed by atoms with Gasteiger partial charge in [-0.3, -0.25) is 14.4 Å². The molecule has 0 bridgehead atoms. The van der Waals surface area contributed by atoms with Gasteiger partial charge in [0.2, 0.25) is 5.28 Å². The van der Waals surface area contributed by atoms with E-state index >= 15 is 0 Å². The molecule has 1 heterocycles. The number of hydrogen-bond acceptors (Lipinski definition) is 9. The molecule has 1 aromatic heterocycles. The molecule has 0 fully saturated rings. The molecule has 1 N–H and O–H groups in total. The summed E-state index contributed by atoms with van der Waals surface area (Å²) in [6.45, 7) is 6.71. The van der Waals surface area contributed by atoms with E-state index in [1.54, 1.807) is 24.3 Å². The number of aryl methyl sites for hydroxylation is 1. The van der Waals surface area contributed by atoms with Gasteiger partial charge < -0.3 is 9.94 Å². The second-order valence-electron chi connectivity index (χ2n) is 9.82. The minimum absolute atomic E-state index is 0.125. The fraction of sp³-hybridized carbons (Fsp3) is 0.346. The lowest BCUT2D eigenvalue weighted by atomic mass is 10.1. The zero-order chi connectivity index (χ0) is 32.3. The van der Waals surface area contributed by atoms with E-state index in [1.165, 1.54) is 32.9 Å². The van der Waals surface area contributed by atoms with Crippen LogP contribution in [0.4, 0.5) is 13.2 Å². The van der Waals surface area contributed by atoms with E-state index in [4.69, 9.17) is 4.84 Å². The molecule has 232 valence electrons. The molecule has 0 spiro atoms. The van der Waals surface area contributed by atoms with Gasteiger partial charge in [-0.2, -0.15) is 18.3 Å². The van der Waals surface area contributed by atoms with Gasteiger partial charge in [-0.05, 0) is 51.1 Å². The average Bonchev–Trinajstić information content (AvgIpc) is 3.37. The van der Waals surface area contributed by atoms with Crippen LogP contribution >= 0.6 is 0 Å². The molecule has 0 aliphatic rings. The summed E-state index contributed by atoms with van der Waals surface area (Å²) in [6, 6.07) is 12.3. The number of alkyl halides is 3. The van der Waals surface area contributed by atoms with E-state index in [0.717, 1.165) is 47.4 Å². The van der Waals surface area contributed by atoms with Crippen LogP contribution in [0.5, 0.6) is 0 Å². The summed E-state index contributed by atoms with van der Waals surface area (Å²) in [6.07, 6.45) is -5.94. The highest BCUT2D eigenvalue weighted by Gasteiger charge is 2.41. The van der Waals surface area contributed by atoms with Gasteiger partial charge in [-0.15, -0.1) is 5.01 Å². The van der Waals surface area contributed by atoms with Crippen molar-refractivity contribution in [3.63, 3.8) is 0 Å². The topological polar surface area (TPSA) is 158 Å². The Hall–Kier alpha value is -4.67. The second-order valence-corrected chi connectivity index (χ2v) is 11.5. The highest BCUT2D eigenvalue weighted by atomic mass is 32.2. The molecule has 2 aromatic carbocycles. The van der Waals surface area contributed by atoms with Crippen LogP contribution in [0.2, 0.25) is 0 Å². The lowest BCUT2D eigenvalue weighted by Crippen LogP contribution is -2.56. The molecule has 43 heavy (non-hydrogen) atoms. The van der Waals surface area contributed by atoms with Gasteiger partial charge >= 0.3 is 12.1 Å². The van der Waals surface area contributed by atoms with Crippen LogP contribution in [-0.4, -0.2) is 58.9 Å². The fourth-order valence-corrected chi connectivity index (χ4v) is 4.60. The SMILES string of the molecule is CC(=O)OC(C)ON=[N+]([O-])N(C)C(C)(C)C(=O)NS(=O)(=O)c1ccc(-n2nc(C(F)(F)F)cc2-c2ccc(C)cc2)cc1. The first-order valence-electron chi connectivity index (χ1n) is 12.5. The summed E-state index contributed by atoms with van der Waals surface area (Å²) < 4.78 is 74.0. The molecule has 0 aliphatic heterocycles. The third-order valence-electron chi connectivity index (χ3n) is 6.18. The molecule has 1 amide bonds. The molecule has 0 aliphatic carbocycles. The Morgan fingerprint density at radius 1 is 1.12 bits per heavy atom. The van der Waals surface area contributed by atoms with Gasteiger partial charge in [0, 0.05) is 19.4 Å². The number of nitrogens with zero attached hydrogens (tertiary/aromatic N) is 5. The number of rotatable bonds is 10. The van der Waals surface area contributed by atoms with E-state index in [0.29, 0.717) is 5.56 Å². The van der Waals surface area contributed by atoms with Gasteiger partial charge in [0.1, 0.15) is 0 Å². The number of likely N-dealkylation sites (N-methyl/N-ethyl adjacent to an activating group) is 1. The second kappa shape index (κ2) is 12.3. The standard InChI is InChI=1S/C26H29F3N6O7S/c1-16-7-9-19(10-8-16)22-15-23(26(27,28)29)30-34(22)20-11-13-21(14-12-20)43(39,40)31-24(37)25(4,5)33(6)35(38)32-42-18(3)41-17(2)36/h7-15,18H,1-6H3,(H,31,37). The predicted molar refractivity (Wildman–Crippen MR) is 144 cm³/mol. The van der Waals surface area contributed by atoms with Crippen LogP contribution < -0.4 is 4.72 Å². The number of carbonyl (C=O) groups excluding carboxylic acids is 2. The van der Waals surface area contributed by atoms with Gasteiger partial charge in [0.15, 0.2) is 11.2 Å². The van der Waals surface area contributed by atoms with Crippen LogP contribution in [0.25, 0.3) is 16.9 Å². The molecular formula is C26H29F3N6O7S. The van der Waals surface area contributed by atoms with Crippen molar-refractivity contribution < 1.29 is 45.7 Å². The molecule has 1 unspecified atom stereocenters. The quantitative estimate of drug-likeness (QED) is 0.115. The molecule has 17 heteroatoms. The molecule has 1 atom stereocenters. The number of sulfonamides is 1. The van der Waals surface area contributed by atoms with E-state index in [9.17, 15) is 36.4 Å². The number of hydrogen-bond donors (Lipinski definition) is 1. The van der Waals surface area contributed by atoms with Crippen molar-refractivity contribution in [2.45, 2.75) is 57.5 Å². The van der Waals surface area contributed by atoms with Crippen molar-refractivity contribution in [1.29, 1.82) is 0 Å². The summed E-state index contributed by atoms with van der Waals surface area (Å²) in [4.78, 5) is 28.1. The third-order valence-corrected chi connectivity index (χ3v) is 7.53. The summed E-state index contributed by atoms with van der Waals surface area (Å²) in [5, 5.41) is 19.9. The summed E-state index contributed by atoms with van der Waals surface area (Å²) in [5.74, 6) is -1.81. The van der Waals surface area contributed by atoms with E-state index in [2.05, 4.69) is 15.1 Å². The van der Waals surface area contributed by atoms with Crippen LogP contribution in [0, 0.1) is 12.1 Å². The molecule has 3 rings (SSSR count). The Balaban J connectivity index is 1.84. The summed E-state index contributed by atoms with van der Waals surface area (Å²) in [7, 11) is -3.36. The van der Waals surface area contributed by atoms with Crippen molar-refractivity contribution in [3.8, 4) is 16.9 Å². The Morgan fingerprint density at radius 3 is 2.23 bits per heavy atom. The number of aromatic nitrogens is 2. The molecule has 0 saturated heterocycles. The maximum atomic E-state index is 13.5. The van der Waals surface area contributed by atoms with Crippen molar-refractivity contribution in [2.75, 3.05) is 7.05 Å². The van der Waals surface area contributed by atoms with Gasteiger partial charge in [-0.1, -0.05) is 29.8 Å². The number of halogens is 3. The average molecular weight is 627 g/mol. The number of carbonyl (C=O) groups is 2. The highest BCUT2D eigenvalue weighted by molar-refractivity contribution is 7.90. The van der Waals surface area contributed by atoms with Crippen LogP contribution in [-0.2, 0) is 35.4 Å². The smallest absolute Gasteiger partial charge is 0.435 e. The first kappa shape index (κ1) is 32.8. The van der Waals surface area contributed by atoms with Crippen LogP contribution in [0.1, 0.15) is 39.0 Å². The Kier molecular flexibility index (Phi) is 9.38. The van der Waals surface area contributed by atoms with E-state index in [1.807, 2.05) is 11.6 Å². The van der Waals surface area contributed by atoms with Crippen LogP contribution in [0.15, 0.2) is 64.8 Å². The molecule has 13 nitrogen and oxygen atoms in total. The van der Waals surface area contributed by atoms with Gasteiger partial charge in [0.25, 0.3) is 22.2 Å². The largest absolute Gasteiger partial charge is 0.569 e. The van der Waals surface area contributed by atoms with Crippen LogP contribution in [0.3, 0.4) is 0 Å². The van der Waals surface area contributed by atoms with E-state index < -0.39 is 45.6 Å². The van der Waals surface area contributed by atoms with Crippen molar-refractivity contribution in [1.82, 2.24) is 19.5 Å².